The van der Waals surface area contributed by atoms with Crippen LogP contribution in [0.3, 0.4) is 0 Å². The molecule has 21 heavy (non-hydrogen) atoms. The highest BCUT2D eigenvalue weighted by atomic mass is 16.5. The van der Waals surface area contributed by atoms with Gasteiger partial charge >= 0.3 is 0 Å². The van der Waals surface area contributed by atoms with E-state index in [1.54, 1.807) is 12.0 Å². The number of methoxy groups -OCH3 is 1. The summed E-state index contributed by atoms with van der Waals surface area (Å²) in [5, 5.41) is 10.9. The number of nitrogens with zero attached hydrogens (tertiary/aromatic N) is 1. The number of ether oxygens (including phenoxy) is 1. The first-order valence-corrected chi connectivity index (χ1v) is 7.52. The van der Waals surface area contributed by atoms with Crippen LogP contribution in [0.15, 0.2) is 35.9 Å². The van der Waals surface area contributed by atoms with E-state index < -0.39 is 12.2 Å². The first-order valence-electron chi connectivity index (χ1n) is 7.52. The Morgan fingerprint density at radius 2 is 2.05 bits per heavy atom. The predicted molar refractivity (Wildman–Crippen MR) is 78.4 cm³/mol. The van der Waals surface area contributed by atoms with Crippen molar-refractivity contribution in [2.45, 2.75) is 31.1 Å². The van der Waals surface area contributed by atoms with Gasteiger partial charge in [0.25, 0.3) is 5.91 Å². The first kappa shape index (κ1) is 13.0. The van der Waals surface area contributed by atoms with Crippen LogP contribution in [-0.4, -0.2) is 47.8 Å². The monoisotopic (exact) mass is 285 g/mol. The maximum atomic E-state index is 12.1. The maximum Gasteiger partial charge on any atom is 0.254 e. The number of hydrogen-bond donors (Lipinski definition) is 1. The fourth-order valence-corrected chi connectivity index (χ4v) is 3.95. The Morgan fingerprint density at radius 3 is 2.67 bits per heavy atom. The summed E-state index contributed by atoms with van der Waals surface area (Å²) in [6.45, 7) is 0.728. The normalized spacial score (nSPS) is 34.6. The van der Waals surface area contributed by atoms with Gasteiger partial charge in [-0.25, -0.2) is 0 Å². The van der Waals surface area contributed by atoms with E-state index in [9.17, 15) is 9.90 Å². The molecule has 0 aromatic heterocycles. The summed E-state index contributed by atoms with van der Waals surface area (Å²) >= 11 is 0. The fraction of sp³-hybridized carbons (Fsp3) is 0.471. The molecule has 1 saturated heterocycles. The van der Waals surface area contributed by atoms with E-state index in [0.29, 0.717) is 5.92 Å². The molecular weight excluding hydrogens is 266 g/mol. The second-order valence-corrected chi connectivity index (χ2v) is 6.12. The summed E-state index contributed by atoms with van der Waals surface area (Å²) in [6.07, 6.45) is 0.970. The molecule has 0 bridgehead atoms. The second-order valence-electron chi connectivity index (χ2n) is 6.12. The van der Waals surface area contributed by atoms with E-state index in [0.717, 1.165) is 30.5 Å². The number of β-lactam (4-membered cyclic amide) rings is 1. The van der Waals surface area contributed by atoms with Crippen LogP contribution >= 0.6 is 0 Å². The van der Waals surface area contributed by atoms with E-state index in [4.69, 9.17) is 4.74 Å². The molecule has 1 aromatic carbocycles. The Kier molecular flexibility index (Phi) is 2.91. The van der Waals surface area contributed by atoms with Crippen LogP contribution in [0, 0.1) is 5.92 Å². The van der Waals surface area contributed by atoms with Crippen molar-refractivity contribution in [2.75, 3.05) is 13.7 Å². The molecule has 0 radical (unpaired) electrons. The van der Waals surface area contributed by atoms with Crippen molar-refractivity contribution in [1.29, 1.82) is 0 Å². The summed E-state index contributed by atoms with van der Waals surface area (Å²) in [6, 6.07) is 9.80. The zero-order chi connectivity index (χ0) is 14.6. The molecule has 1 saturated carbocycles. The summed E-state index contributed by atoms with van der Waals surface area (Å²) < 4.78 is 5.30. The van der Waals surface area contributed by atoms with Crippen molar-refractivity contribution in [3.63, 3.8) is 0 Å². The molecule has 1 aromatic rings. The van der Waals surface area contributed by atoms with Crippen LogP contribution in [-0.2, 0) is 9.53 Å². The van der Waals surface area contributed by atoms with Gasteiger partial charge in [-0.1, -0.05) is 35.9 Å². The second kappa shape index (κ2) is 4.68. The molecule has 1 amide bonds. The Balaban J connectivity index is 1.78. The number of fused-ring (bicyclic) bond motifs is 2. The van der Waals surface area contributed by atoms with Crippen LogP contribution in [0.4, 0.5) is 0 Å². The topological polar surface area (TPSA) is 49.8 Å². The summed E-state index contributed by atoms with van der Waals surface area (Å²) in [4.78, 5) is 13.9. The molecule has 4 heteroatoms. The highest BCUT2D eigenvalue weighted by Gasteiger charge is 2.55. The average molecular weight is 285 g/mol. The van der Waals surface area contributed by atoms with Crippen LogP contribution < -0.4 is 0 Å². The van der Waals surface area contributed by atoms with Crippen molar-refractivity contribution < 1.29 is 14.6 Å². The number of hydrogen-bond acceptors (Lipinski definition) is 3. The number of aliphatic hydroxyl groups excluding tert-OH is 1. The zero-order valence-corrected chi connectivity index (χ0v) is 12.0. The van der Waals surface area contributed by atoms with Crippen molar-refractivity contribution in [3.05, 3.63) is 41.5 Å². The van der Waals surface area contributed by atoms with Crippen molar-refractivity contribution in [3.8, 4) is 0 Å². The van der Waals surface area contributed by atoms with Gasteiger partial charge in [-0.2, -0.15) is 0 Å². The van der Waals surface area contributed by atoms with E-state index in [2.05, 4.69) is 0 Å². The minimum Gasteiger partial charge on any atom is -0.386 e. The molecule has 4 rings (SSSR count). The number of carbonyl (C=O) groups excluding carboxylic acids is 1. The number of rotatable bonds is 2. The molecule has 4 atom stereocenters. The molecule has 2 heterocycles. The first-order chi connectivity index (χ1) is 10.2. The van der Waals surface area contributed by atoms with Gasteiger partial charge in [0.2, 0.25) is 0 Å². The number of carbonyl (C=O) groups is 1. The lowest BCUT2D eigenvalue weighted by Crippen LogP contribution is -2.69. The fourth-order valence-electron chi connectivity index (χ4n) is 3.95. The van der Waals surface area contributed by atoms with Crippen molar-refractivity contribution in [2.24, 2.45) is 5.92 Å². The van der Waals surface area contributed by atoms with Gasteiger partial charge in [0.15, 0.2) is 6.10 Å². The molecule has 1 N–H and O–H groups in total. The highest BCUT2D eigenvalue weighted by molar-refractivity contribution is 5.91. The molecular formula is C17H19NO3. The molecule has 4 nitrogen and oxygen atoms in total. The Labute approximate surface area is 124 Å². The Morgan fingerprint density at radius 1 is 1.29 bits per heavy atom. The molecule has 3 aliphatic rings. The number of aliphatic hydroxyl groups is 1. The van der Waals surface area contributed by atoms with Crippen LogP contribution in [0.5, 0.6) is 0 Å². The van der Waals surface area contributed by atoms with Crippen molar-refractivity contribution >= 4 is 11.5 Å². The molecule has 2 fully saturated rings. The molecule has 0 unspecified atom stereocenters. The quantitative estimate of drug-likeness (QED) is 0.837. The van der Waals surface area contributed by atoms with Gasteiger partial charge in [0.05, 0.1) is 6.04 Å². The summed E-state index contributed by atoms with van der Waals surface area (Å²) in [5.74, 6) is 0.420. The van der Waals surface area contributed by atoms with E-state index in [-0.39, 0.29) is 11.9 Å². The van der Waals surface area contributed by atoms with Gasteiger partial charge in [-0.15, -0.1) is 0 Å². The van der Waals surface area contributed by atoms with Gasteiger partial charge in [0, 0.05) is 13.7 Å². The van der Waals surface area contributed by atoms with Gasteiger partial charge < -0.3 is 14.7 Å². The maximum absolute atomic E-state index is 12.1. The minimum absolute atomic E-state index is 0.0158. The SMILES string of the molecule is CO[C@H]1C(=O)N2C[C@@H]3CCC3=C(c3ccccc3)[C@@H](O)[C@@H]12. The summed E-state index contributed by atoms with van der Waals surface area (Å²) in [5.41, 5.74) is 3.42. The lowest BCUT2D eigenvalue weighted by Gasteiger charge is -2.48. The minimum atomic E-state index is -0.657. The summed E-state index contributed by atoms with van der Waals surface area (Å²) in [7, 11) is 1.54. The van der Waals surface area contributed by atoms with Crippen LogP contribution in [0.2, 0.25) is 0 Å². The largest absolute Gasteiger partial charge is 0.386 e. The molecule has 110 valence electrons. The van der Waals surface area contributed by atoms with Crippen LogP contribution in [0.1, 0.15) is 18.4 Å². The molecule has 1 aliphatic carbocycles. The third kappa shape index (κ3) is 1.72. The number of benzene rings is 1. The highest BCUT2D eigenvalue weighted by Crippen LogP contribution is 2.47. The van der Waals surface area contributed by atoms with E-state index in [1.165, 1.54) is 5.57 Å². The average Bonchev–Trinajstić information content (AvgIpc) is 2.55. The third-order valence-electron chi connectivity index (χ3n) is 5.17. The smallest absolute Gasteiger partial charge is 0.254 e. The molecule has 0 spiro atoms. The molecule has 2 aliphatic heterocycles. The van der Waals surface area contributed by atoms with Gasteiger partial charge in [-0.05, 0) is 29.9 Å². The Bertz CT molecular complexity index is 610. The lowest BCUT2D eigenvalue weighted by atomic mass is 9.74. The standard InChI is InChI=1S/C17H19NO3/c1-21-16-14-15(19)13(10-5-3-2-4-6-10)12-8-7-11(12)9-18(14)17(16)20/h2-6,11,14-16,19H,7-9H2,1H3/t11-,14-,15+,16+/m0/s1. The van der Waals surface area contributed by atoms with E-state index in [1.807, 2.05) is 30.3 Å². The lowest BCUT2D eigenvalue weighted by molar-refractivity contribution is -0.177. The predicted octanol–water partition coefficient (Wildman–Crippen LogP) is 1.45. The van der Waals surface area contributed by atoms with Gasteiger partial charge in [-0.3, -0.25) is 4.79 Å². The van der Waals surface area contributed by atoms with Gasteiger partial charge in [0.1, 0.15) is 6.10 Å². The number of amides is 1. The zero-order valence-electron chi connectivity index (χ0n) is 12.0. The Hall–Kier alpha value is -1.65. The van der Waals surface area contributed by atoms with Crippen LogP contribution in [0.25, 0.3) is 5.57 Å². The van der Waals surface area contributed by atoms with E-state index >= 15 is 0 Å². The third-order valence-corrected chi connectivity index (χ3v) is 5.17. The van der Waals surface area contributed by atoms with Crippen molar-refractivity contribution in [1.82, 2.24) is 4.90 Å².